The van der Waals surface area contributed by atoms with E-state index in [1.54, 1.807) is 54.1 Å². The zero-order chi connectivity index (χ0) is 21.8. The molecule has 3 rings (SSSR count). The quantitative estimate of drug-likeness (QED) is 0.661. The highest BCUT2D eigenvalue weighted by Crippen LogP contribution is 2.26. The van der Waals surface area contributed by atoms with Crippen LogP contribution in [0.1, 0.15) is 28.8 Å². The lowest BCUT2D eigenvalue weighted by Crippen LogP contribution is -2.61. The van der Waals surface area contributed by atoms with Gasteiger partial charge >= 0.3 is 0 Å². The van der Waals surface area contributed by atoms with Crippen molar-refractivity contribution < 1.29 is 18.7 Å². The Morgan fingerprint density at radius 3 is 2.57 bits per heavy atom. The van der Waals surface area contributed by atoms with E-state index in [9.17, 15) is 14.0 Å². The van der Waals surface area contributed by atoms with Crippen molar-refractivity contribution in [1.29, 1.82) is 0 Å². The molecule has 0 spiro atoms. The van der Waals surface area contributed by atoms with Crippen molar-refractivity contribution in [3.63, 3.8) is 0 Å². The van der Waals surface area contributed by atoms with Crippen LogP contribution < -0.4 is 4.74 Å². The fourth-order valence-corrected chi connectivity index (χ4v) is 3.46. The lowest BCUT2D eigenvalue weighted by molar-refractivity contribution is -0.138. The van der Waals surface area contributed by atoms with Crippen molar-refractivity contribution in [2.45, 2.75) is 18.9 Å². The highest BCUT2D eigenvalue weighted by atomic mass is 35.5. The number of likely N-dealkylation sites (tertiary alicyclic amines) is 1. The normalized spacial score (nSPS) is 14.4. The number of amides is 2. The predicted octanol–water partition coefficient (Wildman–Crippen LogP) is 3.58. The number of hydrogen-bond donors (Lipinski definition) is 0. The topological polar surface area (TPSA) is 49.9 Å². The standard InChI is InChI=1S/C23H22ClFN2O3/c1-4-11-30-19-8-5-16(6-9-19)23(29)26(3)18-13-27(14-18)22(28)15(2)17-7-10-21(25)20(24)12-17/h1,5-10,12,15,18H,11,13-14H2,2-3H3. The number of hydrogen-bond acceptors (Lipinski definition) is 3. The number of nitrogens with zero attached hydrogens (tertiary/aromatic N) is 2. The Morgan fingerprint density at radius 1 is 1.30 bits per heavy atom. The molecule has 0 aromatic heterocycles. The van der Waals surface area contributed by atoms with E-state index in [0.29, 0.717) is 30.0 Å². The molecule has 0 saturated carbocycles. The number of carbonyl (C=O) groups excluding carboxylic acids is 2. The minimum absolute atomic E-state index is 0.00493. The number of carbonyl (C=O) groups is 2. The molecule has 1 saturated heterocycles. The van der Waals surface area contributed by atoms with Crippen LogP contribution in [0.3, 0.4) is 0 Å². The fourth-order valence-electron chi connectivity index (χ4n) is 3.27. The van der Waals surface area contributed by atoms with Gasteiger partial charge in [0.1, 0.15) is 18.2 Å². The Balaban J connectivity index is 1.56. The van der Waals surface area contributed by atoms with E-state index in [-0.39, 0.29) is 29.5 Å². The molecule has 1 aliphatic heterocycles. The third kappa shape index (κ3) is 4.58. The smallest absolute Gasteiger partial charge is 0.253 e. The van der Waals surface area contributed by atoms with Crippen LogP contribution >= 0.6 is 11.6 Å². The Bertz CT molecular complexity index is 981. The number of terminal acetylenes is 1. The maximum atomic E-state index is 13.4. The van der Waals surface area contributed by atoms with Gasteiger partial charge < -0.3 is 14.5 Å². The second-order valence-electron chi connectivity index (χ2n) is 7.23. The highest BCUT2D eigenvalue weighted by Gasteiger charge is 2.37. The maximum Gasteiger partial charge on any atom is 0.253 e. The summed E-state index contributed by atoms with van der Waals surface area (Å²) in [6.45, 7) is 2.83. The number of rotatable bonds is 6. The largest absolute Gasteiger partial charge is 0.481 e. The van der Waals surface area contributed by atoms with Crippen LogP contribution in [0.5, 0.6) is 5.75 Å². The van der Waals surface area contributed by atoms with Gasteiger partial charge in [-0.15, -0.1) is 6.42 Å². The molecule has 2 aromatic rings. The van der Waals surface area contributed by atoms with Gasteiger partial charge in [0.25, 0.3) is 5.91 Å². The lowest BCUT2D eigenvalue weighted by Gasteiger charge is -2.45. The maximum absolute atomic E-state index is 13.4. The summed E-state index contributed by atoms with van der Waals surface area (Å²) in [6.07, 6.45) is 5.16. The molecule has 30 heavy (non-hydrogen) atoms. The molecule has 1 aliphatic rings. The van der Waals surface area contributed by atoms with E-state index >= 15 is 0 Å². The molecule has 0 radical (unpaired) electrons. The summed E-state index contributed by atoms with van der Waals surface area (Å²) in [4.78, 5) is 28.7. The Kier molecular flexibility index (Phi) is 6.63. The predicted molar refractivity (Wildman–Crippen MR) is 113 cm³/mol. The molecule has 0 N–H and O–H groups in total. The third-order valence-corrected chi connectivity index (χ3v) is 5.57. The SMILES string of the molecule is C#CCOc1ccc(C(=O)N(C)C2CN(C(=O)C(C)c3ccc(F)c(Cl)c3)C2)cc1. The van der Waals surface area contributed by atoms with E-state index in [0.717, 1.165) is 0 Å². The lowest BCUT2D eigenvalue weighted by atomic mass is 9.96. The first-order valence-corrected chi connectivity index (χ1v) is 9.86. The Morgan fingerprint density at radius 2 is 1.97 bits per heavy atom. The number of halogens is 2. The van der Waals surface area contributed by atoms with E-state index in [1.807, 2.05) is 0 Å². The number of benzene rings is 2. The average molecular weight is 429 g/mol. The van der Waals surface area contributed by atoms with E-state index in [2.05, 4.69) is 5.92 Å². The summed E-state index contributed by atoms with van der Waals surface area (Å²) in [7, 11) is 1.72. The molecular weight excluding hydrogens is 407 g/mol. The van der Waals surface area contributed by atoms with Crippen LogP contribution in [0.4, 0.5) is 4.39 Å². The minimum atomic E-state index is -0.514. The van der Waals surface area contributed by atoms with Crippen LogP contribution in [0.15, 0.2) is 42.5 Å². The summed E-state index contributed by atoms with van der Waals surface area (Å²) >= 11 is 5.82. The van der Waals surface area contributed by atoms with Crippen molar-refractivity contribution in [2.24, 2.45) is 0 Å². The number of likely N-dealkylation sites (N-methyl/N-ethyl adjacent to an activating group) is 1. The van der Waals surface area contributed by atoms with Gasteiger partial charge in [-0.05, 0) is 48.9 Å². The Labute approximate surface area is 180 Å². The first-order valence-electron chi connectivity index (χ1n) is 9.49. The average Bonchev–Trinajstić information content (AvgIpc) is 2.72. The van der Waals surface area contributed by atoms with Crippen molar-refractivity contribution >= 4 is 23.4 Å². The van der Waals surface area contributed by atoms with E-state index in [1.165, 1.54) is 12.1 Å². The van der Waals surface area contributed by atoms with Gasteiger partial charge in [-0.2, -0.15) is 0 Å². The first kappa shape index (κ1) is 21.7. The molecule has 1 unspecified atom stereocenters. The second-order valence-corrected chi connectivity index (χ2v) is 7.63. The van der Waals surface area contributed by atoms with Crippen molar-refractivity contribution in [3.05, 3.63) is 64.4 Å². The fraction of sp³-hybridized carbons (Fsp3) is 0.304. The molecule has 2 aromatic carbocycles. The molecule has 5 nitrogen and oxygen atoms in total. The van der Waals surface area contributed by atoms with Gasteiger partial charge in [-0.25, -0.2) is 4.39 Å². The minimum Gasteiger partial charge on any atom is -0.481 e. The molecule has 0 bridgehead atoms. The monoisotopic (exact) mass is 428 g/mol. The van der Waals surface area contributed by atoms with Crippen LogP contribution in [-0.4, -0.2) is 54.4 Å². The van der Waals surface area contributed by atoms with Crippen LogP contribution in [-0.2, 0) is 4.79 Å². The summed E-state index contributed by atoms with van der Waals surface area (Å²) in [5.41, 5.74) is 1.19. The summed E-state index contributed by atoms with van der Waals surface area (Å²) in [5.74, 6) is 1.82. The molecule has 7 heteroatoms. The van der Waals surface area contributed by atoms with E-state index < -0.39 is 11.7 Å². The van der Waals surface area contributed by atoms with Gasteiger partial charge in [0.15, 0.2) is 0 Å². The van der Waals surface area contributed by atoms with Gasteiger partial charge in [0, 0.05) is 25.7 Å². The molecule has 1 fully saturated rings. The van der Waals surface area contributed by atoms with Crippen molar-refractivity contribution in [3.8, 4) is 18.1 Å². The van der Waals surface area contributed by atoms with Crippen LogP contribution in [0, 0.1) is 18.2 Å². The van der Waals surface area contributed by atoms with Gasteiger partial charge in [0.05, 0.1) is 17.0 Å². The zero-order valence-electron chi connectivity index (χ0n) is 16.8. The van der Waals surface area contributed by atoms with Crippen molar-refractivity contribution in [1.82, 2.24) is 9.80 Å². The molecule has 2 amide bonds. The molecule has 1 heterocycles. The molecule has 1 atom stereocenters. The highest BCUT2D eigenvalue weighted by molar-refractivity contribution is 6.30. The van der Waals surface area contributed by atoms with Gasteiger partial charge in [0.2, 0.25) is 5.91 Å². The number of ether oxygens (including phenoxy) is 1. The second kappa shape index (κ2) is 9.19. The molecule has 156 valence electrons. The zero-order valence-corrected chi connectivity index (χ0v) is 17.5. The van der Waals surface area contributed by atoms with Gasteiger partial charge in [-0.3, -0.25) is 9.59 Å². The van der Waals surface area contributed by atoms with Crippen LogP contribution in [0.2, 0.25) is 5.02 Å². The summed E-state index contributed by atoms with van der Waals surface area (Å²) < 4.78 is 18.7. The van der Waals surface area contributed by atoms with Crippen LogP contribution in [0.25, 0.3) is 0 Å². The Hall–Kier alpha value is -3.04. The van der Waals surface area contributed by atoms with Crippen molar-refractivity contribution in [2.75, 3.05) is 26.7 Å². The third-order valence-electron chi connectivity index (χ3n) is 5.28. The summed E-state index contributed by atoms with van der Waals surface area (Å²) in [6, 6.07) is 11.0. The van der Waals surface area contributed by atoms with Gasteiger partial charge in [-0.1, -0.05) is 23.6 Å². The first-order chi connectivity index (χ1) is 14.3. The molecule has 0 aliphatic carbocycles. The summed E-state index contributed by atoms with van der Waals surface area (Å²) in [5, 5.41) is -0.00493. The molecular formula is C23H22ClFN2O3. The van der Waals surface area contributed by atoms with E-state index in [4.69, 9.17) is 22.8 Å².